The van der Waals surface area contributed by atoms with Crippen LogP contribution in [-0.4, -0.2) is 36.6 Å². The minimum atomic E-state index is -1.27. The van der Waals surface area contributed by atoms with E-state index in [4.69, 9.17) is 10.2 Å². The fraction of sp³-hybridized carbons (Fsp3) is 0.100. The summed E-state index contributed by atoms with van der Waals surface area (Å²) in [7, 11) is 0. The molecule has 0 aliphatic carbocycles. The van der Waals surface area contributed by atoms with Crippen LogP contribution in [0.25, 0.3) is 5.52 Å². The highest BCUT2D eigenvalue weighted by Gasteiger charge is 2.19. The van der Waals surface area contributed by atoms with Gasteiger partial charge in [-0.3, -0.25) is 9.20 Å². The smallest absolute Gasteiger partial charge is 0.356 e. The number of fused-ring (bicyclic) bond motifs is 1. The van der Waals surface area contributed by atoms with E-state index in [9.17, 15) is 14.7 Å². The van der Waals surface area contributed by atoms with Gasteiger partial charge in [0, 0.05) is 0 Å². The standard InChI is InChI=1S/C10H8N2O5/c13-7-3-1-2-5-9(10(16)17)11-6(12(5)7)4-8(14)15/h1-3,13H,4H2,(H,14,15)(H,16,17). The van der Waals surface area contributed by atoms with E-state index in [1.54, 1.807) is 0 Å². The van der Waals surface area contributed by atoms with E-state index < -0.39 is 18.4 Å². The number of rotatable bonds is 3. The van der Waals surface area contributed by atoms with Gasteiger partial charge in [0.05, 0.1) is 5.52 Å². The number of nitrogens with zero attached hydrogens (tertiary/aromatic N) is 2. The summed E-state index contributed by atoms with van der Waals surface area (Å²) in [6, 6.07) is 4.23. The number of carboxylic acid groups (broad SMARTS) is 2. The molecule has 2 heterocycles. The number of imidazole rings is 1. The Balaban J connectivity index is 2.75. The molecule has 0 aliphatic rings. The van der Waals surface area contributed by atoms with Crippen LogP contribution in [0.4, 0.5) is 0 Å². The number of aromatic hydroxyl groups is 1. The maximum atomic E-state index is 10.9. The number of aromatic carboxylic acids is 1. The lowest BCUT2D eigenvalue weighted by atomic mass is 10.3. The van der Waals surface area contributed by atoms with Gasteiger partial charge < -0.3 is 15.3 Å². The number of pyridine rings is 1. The Bertz CT molecular complexity index is 616. The molecule has 3 N–H and O–H groups in total. The van der Waals surface area contributed by atoms with Gasteiger partial charge in [-0.15, -0.1) is 0 Å². The first kappa shape index (κ1) is 10.9. The molecule has 2 aromatic rings. The second-order valence-corrected chi connectivity index (χ2v) is 3.36. The van der Waals surface area contributed by atoms with Crippen molar-refractivity contribution in [2.24, 2.45) is 0 Å². The molecule has 2 aromatic heterocycles. The summed E-state index contributed by atoms with van der Waals surface area (Å²) in [6.45, 7) is 0. The predicted octanol–water partition coefficient (Wildman–Crippen LogP) is 0.365. The van der Waals surface area contributed by atoms with Gasteiger partial charge in [0.15, 0.2) is 11.6 Å². The first-order valence-corrected chi connectivity index (χ1v) is 4.65. The molecule has 0 aromatic carbocycles. The van der Waals surface area contributed by atoms with Crippen LogP contribution in [0, 0.1) is 0 Å². The molecule has 0 amide bonds. The van der Waals surface area contributed by atoms with Crippen LogP contribution in [0.15, 0.2) is 18.2 Å². The third-order valence-corrected chi connectivity index (χ3v) is 2.22. The lowest BCUT2D eigenvalue weighted by Crippen LogP contribution is -2.05. The molecular formula is C10H8N2O5. The predicted molar refractivity (Wildman–Crippen MR) is 55.2 cm³/mol. The van der Waals surface area contributed by atoms with Gasteiger partial charge in [-0.2, -0.15) is 0 Å². The molecule has 7 heteroatoms. The highest BCUT2D eigenvalue weighted by atomic mass is 16.4. The van der Waals surface area contributed by atoms with Crippen LogP contribution in [-0.2, 0) is 11.2 Å². The van der Waals surface area contributed by atoms with Crippen molar-refractivity contribution >= 4 is 17.5 Å². The molecule has 0 saturated heterocycles. The molecule has 2 rings (SSSR count). The zero-order valence-corrected chi connectivity index (χ0v) is 8.49. The van der Waals surface area contributed by atoms with E-state index in [0.717, 1.165) is 4.40 Å². The second kappa shape index (κ2) is 3.78. The third-order valence-electron chi connectivity index (χ3n) is 2.22. The van der Waals surface area contributed by atoms with Gasteiger partial charge in [0.25, 0.3) is 0 Å². The van der Waals surface area contributed by atoms with Crippen LogP contribution < -0.4 is 0 Å². The van der Waals surface area contributed by atoms with Crippen LogP contribution in [0.3, 0.4) is 0 Å². The molecule has 0 atom stereocenters. The summed E-state index contributed by atoms with van der Waals surface area (Å²) in [6.07, 6.45) is -0.466. The highest BCUT2D eigenvalue weighted by molar-refractivity contribution is 5.94. The summed E-state index contributed by atoms with van der Waals surface area (Å²) in [5.74, 6) is -2.71. The van der Waals surface area contributed by atoms with Crippen LogP contribution in [0.5, 0.6) is 5.88 Å². The molecule has 0 bridgehead atoms. The average Bonchev–Trinajstić information content (AvgIpc) is 2.57. The molecule has 0 aliphatic heterocycles. The van der Waals surface area contributed by atoms with Gasteiger partial charge >= 0.3 is 11.9 Å². The van der Waals surface area contributed by atoms with E-state index in [0.29, 0.717) is 0 Å². The first-order valence-electron chi connectivity index (χ1n) is 4.65. The Morgan fingerprint density at radius 1 is 1.29 bits per heavy atom. The molecule has 0 fully saturated rings. The molecule has 88 valence electrons. The third kappa shape index (κ3) is 1.78. The molecular weight excluding hydrogens is 228 g/mol. The van der Waals surface area contributed by atoms with Crippen molar-refractivity contribution in [1.29, 1.82) is 0 Å². The Kier molecular flexibility index (Phi) is 2.43. The minimum Gasteiger partial charge on any atom is -0.494 e. The first-order chi connectivity index (χ1) is 8.00. The maximum absolute atomic E-state index is 10.9. The van der Waals surface area contributed by atoms with Crippen molar-refractivity contribution in [2.45, 2.75) is 6.42 Å². The Morgan fingerprint density at radius 3 is 2.59 bits per heavy atom. The molecule has 0 saturated carbocycles. The van der Waals surface area contributed by atoms with Crippen LogP contribution >= 0.6 is 0 Å². The second-order valence-electron chi connectivity index (χ2n) is 3.36. The number of aromatic nitrogens is 2. The fourth-order valence-corrected chi connectivity index (χ4v) is 1.60. The zero-order valence-electron chi connectivity index (χ0n) is 8.49. The maximum Gasteiger partial charge on any atom is 0.356 e. The van der Waals surface area contributed by atoms with E-state index >= 15 is 0 Å². The number of hydrogen-bond donors (Lipinski definition) is 3. The van der Waals surface area contributed by atoms with Crippen LogP contribution in [0.2, 0.25) is 0 Å². The van der Waals surface area contributed by atoms with Crippen LogP contribution in [0.1, 0.15) is 16.3 Å². The van der Waals surface area contributed by atoms with Crippen molar-refractivity contribution in [3.8, 4) is 5.88 Å². The van der Waals surface area contributed by atoms with Gasteiger partial charge in [-0.05, 0) is 12.1 Å². The van der Waals surface area contributed by atoms with Gasteiger partial charge in [0.1, 0.15) is 12.2 Å². The largest absolute Gasteiger partial charge is 0.494 e. The lowest BCUT2D eigenvalue weighted by Gasteiger charge is -2.00. The number of aliphatic carboxylic acids is 1. The van der Waals surface area contributed by atoms with Crippen molar-refractivity contribution in [3.63, 3.8) is 0 Å². The lowest BCUT2D eigenvalue weighted by molar-refractivity contribution is -0.136. The number of carbonyl (C=O) groups is 2. The summed E-state index contributed by atoms with van der Waals surface area (Å²) in [4.78, 5) is 25.3. The quantitative estimate of drug-likeness (QED) is 0.709. The summed E-state index contributed by atoms with van der Waals surface area (Å²) in [5.41, 5.74) is -0.120. The molecule has 0 unspecified atom stereocenters. The number of hydrogen-bond acceptors (Lipinski definition) is 4. The molecule has 0 spiro atoms. The van der Waals surface area contributed by atoms with Crippen molar-refractivity contribution in [1.82, 2.24) is 9.38 Å². The molecule has 7 nitrogen and oxygen atoms in total. The normalized spacial score (nSPS) is 10.6. The summed E-state index contributed by atoms with van der Waals surface area (Å²) in [5, 5.41) is 27.2. The van der Waals surface area contributed by atoms with Crippen molar-refractivity contribution < 1.29 is 24.9 Å². The minimum absolute atomic E-state index is 0.0250. The summed E-state index contributed by atoms with van der Waals surface area (Å²) < 4.78 is 1.11. The molecule has 17 heavy (non-hydrogen) atoms. The van der Waals surface area contributed by atoms with Crippen molar-refractivity contribution in [2.75, 3.05) is 0 Å². The molecule has 0 radical (unpaired) electrons. The van der Waals surface area contributed by atoms with E-state index in [2.05, 4.69) is 4.98 Å². The van der Waals surface area contributed by atoms with Gasteiger partial charge in [-0.25, -0.2) is 9.78 Å². The average molecular weight is 236 g/mol. The SMILES string of the molecule is O=C(O)Cc1nc(C(=O)O)c2cccc(O)n12. The Labute approximate surface area is 94.6 Å². The highest BCUT2D eigenvalue weighted by Crippen LogP contribution is 2.20. The zero-order chi connectivity index (χ0) is 12.6. The van der Waals surface area contributed by atoms with Crippen molar-refractivity contribution in [3.05, 3.63) is 29.7 Å². The number of carboxylic acids is 2. The topological polar surface area (TPSA) is 112 Å². The van der Waals surface area contributed by atoms with E-state index in [1.165, 1.54) is 18.2 Å². The van der Waals surface area contributed by atoms with Gasteiger partial charge in [-0.1, -0.05) is 6.07 Å². The van der Waals surface area contributed by atoms with Gasteiger partial charge in [0.2, 0.25) is 0 Å². The Hall–Kier alpha value is -2.57. The fourth-order valence-electron chi connectivity index (χ4n) is 1.60. The van der Waals surface area contributed by atoms with E-state index in [-0.39, 0.29) is 22.9 Å². The summed E-state index contributed by atoms with van der Waals surface area (Å²) >= 11 is 0. The van der Waals surface area contributed by atoms with E-state index in [1.807, 2.05) is 0 Å². The Morgan fingerprint density at radius 2 is 2.00 bits per heavy atom. The monoisotopic (exact) mass is 236 g/mol.